The number of aliphatic hydroxyl groups is 2. The van der Waals surface area contributed by atoms with Crippen LogP contribution in [0, 0.1) is 50.1 Å². The first-order valence-electron chi connectivity index (χ1n) is 20.7. The first kappa shape index (κ1) is 38.7. The van der Waals surface area contributed by atoms with Crippen molar-refractivity contribution in [2.75, 3.05) is 13.1 Å². The Bertz CT molecular complexity index is 2060. The minimum absolute atomic E-state index is 0.0679. The van der Waals surface area contributed by atoms with Crippen molar-refractivity contribution in [3.05, 3.63) is 80.8 Å². The number of amides is 1. The van der Waals surface area contributed by atoms with E-state index in [0.29, 0.717) is 63.5 Å². The third-order valence-electron chi connectivity index (χ3n) is 17.8. The number of hydrogen-bond donors (Lipinski definition) is 2. The van der Waals surface area contributed by atoms with Crippen LogP contribution in [0.3, 0.4) is 0 Å². The van der Waals surface area contributed by atoms with Crippen LogP contribution in [-0.2, 0) is 32.0 Å². The number of fused-ring (bicyclic) bond motifs is 3. The molecule has 1 aromatic heterocycles. The van der Waals surface area contributed by atoms with E-state index in [1.807, 2.05) is 32.2 Å². The van der Waals surface area contributed by atoms with E-state index in [-0.39, 0.29) is 58.5 Å². The molecule has 10 unspecified atom stereocenters. The molecule has 10 heteroatoms. The van der Waals surface area contributed by atoms with E-state index in [9.17, 15) is 19.8 Å². The highest BCUT2D eigenvalue weighted by atomic mass is 35.5. The van der Waals surface area contributed by atoms with Crippen LogP contribution in [0.4, 0.5) is 4.39 Å². The Morgan fingerprint density at radius 3 is 2.38 bits per heavy atom. The number of thiophene rings is 1. The molecule has 2 aromatic rings. The predicted molar refractivity (Wildman–Crippen MR) is 213 cm³/mol. The molecule has 1 amide bonds. The molecule has 1 aromatic carbocycles. The number of esters is 1. The van der Waals surface area contributed by atoms with Crippen molar-refractivity contribution in [2.24, 2.45) is 44.3 Å². The second-order valence-electron chi connectivity index (χ2n) is 19.8. The number of Topliss-reactive ketones (excluding diaryl/α,β-unsaturated/α-hetero) is 1. The Balaban J connectivity index is 1.11. The lowest BCUT2D eigenvalue weighted by molar-refractivity contribution is -0.188. The highest BCUT2D eigenvalue weighted by Crippen LogP contribution is 2.78. The summed E-state index contributed by atoms with van der Waals surface area (Å²) >= 11 is 8.15. The summed E-state index contributed by atoms with van der Waals surface area (Å²) in [5, 5.41) is 26.6. The van der Waals surface area contributed by atoms with Gasteiger partial charge >= 0.3 is 5.97 Å². The molecule has 8 aliphatic rings. The van der Waals surface area contributed by atoms with Gasteiger partial charge in [0, 0.05) is 55.7 Å². The summed E-state index contributed by atoms with van der Waals surface area (Å²) in [7, 11) is 0. The van der Waals surface area contributed by atoms with Gasteiger partial charge in [-0.25, -0.2) is 4.39 Å². The second-order valence-corrected chi connectivity index (χ2v) is 21.3. The van der Waals surface area contributed by atoms with Crippen LogP contribution in [0.15, 0.2) is 59.5 Å². The third-order valence-corrected chi connectivity index (χ3v) is 19.1. The normalized spacial score (nSPS) is 42.5. The van der Waals surface area contributed by atoms with E-state index < -0.39 is 50.2 Å². The standard InChI is InChI=1S/C46H55ClFNO6S/c1-39(2)42(5)18-21-46(39,55-38(42)53)37(52)49(22-14-29-8-7-23-56-29)27-44(54)17-13-36-41(44,4)16-12-35-40(3)15-11-28(50)25-43(40)19-20-45(35,36)31(26-43)34(51)24-30-32(47)9-6-10-33(30)48/h6-10,19-20,23,26,28,35-36,50,54H,11-18,21-22,24-25,27H2,1-5H3. The van der Waals surface area contributed by atoms with Crippen molar-refractivity contribution in [1.29, 1.82) is 0 Å². The molecule has 1 saturated heterocycles. The summed E-state index contributed by atoms with van der Waals surface area (Å²) in [4.78, 5) is 46.3. The van der Waals surface area contributed by atoms with Gasteiger partial charge in [0.25, 0.3) is 5.91 Å². The Morgan fingerprint density at radius 2 is 1.70 bits per heavy atom. The van der Waals surface area contributed by atoms with Gasteiger partial charge in [-0.05, 0) is 112 Å². The number of halogens is 2. The fourth-order valence-corrected chi connectivity index (χ4v) is 14.8. The molecule has 5 fully saturated rings. The summed E-state index contributed by atoms with van der Waals surface area (Å²) in [5.41, 5.74) is -5.45. The maximum atomic E-state index is 15.3. The molecule has 300 valence electrons. The highest BCUT2D eigenvalue weighted by molar-refractivity contribution is 7.09. The molecule has 0 radical (unpaired) electrons. The van der Waals surface area contributed by atoms with Gasteiger partial charge in [-0.2, -0.15) is 0 Å². The quantitative estimate of drug-likeness (QED) is 0.195. The number of carbonyl (C=O) groups excluding carboxylic acids is 3. The number of benzene rings is 1. The number of ether oxygens (including phenoxy) is 1. The van der Waals surface area contributed by atoms with Gasteiger partial charge in [-0.1, -0.05) is 69.7 Å². The summed E-state index contributed by atoms with van der Waals surface area (Å²) in [6.45, 7) is 10.8. The van der Waals surface area contributed by atoms with Gasteiger partial charge < -0.3 is 19.8 Å². The van der Waals surface area contributed by atoms with Gasteiger partial charge in [-0.15, -0.1) is 11.3 Å². The fraction of sp³-hybridized carbons (Fsp3) is 0.630. The molecule has 10 atom stereocenters. The van der Waals surface area contributed by atoms with Crippen molar-refractivity contribution >= 4 is 40.6 Å². The molecule has 2 heterocycles. The number of nitrogens with zero attached hydrogens (tertiary/aromatic N) is 1. The number of hydrogen-bond acceptors (Lipinski definition) is 7. The summed E-state index contributed by atoms with van der Waals surface area (Å²) < 4.78 is 21.4. The number of allylic oxidation sites excluding steroid dienone is 4. The van der Waals surface area contributed by atoms with Crippen molar-refractivity contribution < 1.29 is 33.7 Å². The van der Waals surface area contributed by atoms with Crippen molar-refractivity contribution in [2.45, 2.75) is 123 Å². The molecular weight excluding hydrogens is 749 g/mol. The van der Waals surface area contributed by atoms with Crippen molar-refractivity contribution in [3.63, 3.8) is 0 Å². The van der Waals surface area contributed by atoms with E-state index in [4.69, 9.17) is 16.3 Å². The maximum absolute atomic E-state index is 15.3. The fourth-order valence-electron chi connectivity index (χ4n) is 13.9. The molecule has 1 aliphatic heterocycles. The lowest BCUT2D eigenvalue weighted by Gasteiger charge is -2.71. The van der Waals surface area contributed by atoms with Crippen LogP contribution in [0.2, 0.25) is 5.02 Å². The van der Waals surface area contributed by atoms with Crippen LogP contribution in [0.25, 0.3) is 0 Å². The summed E-state index contributed by atoms with van der Waals surface area (Å²) in [6, 6.07) is 8.55. The van der Waals surface area contributed by atoms with Crippen molar-refractivity contribution in [1.82, 2.24) is 4.90 Å². The van der Waals surface area contributed by atoms with Crippen LogP contribution in [-0.4, -0.2) is 63.2 Å². The molecule has 4 saturated carbocycles. The van der Waals surface area contributed by atoms with Crippen molar-refractivity contribution in [3.8, 4) is 0 Å². The predicted octanol–water partition coefficient (Wildman–Crippen LogP) is 8.44. The number of rotatable bonds is 9. The van der Waals surface area contributed by atoms with Crippen LogP contribution in [0.1, 0.15) is 103 Å². The molecular formula is C46H55ClFNO6S. The van der Waals surface area contributed by atoms with Gasteiger partial charge in [0.1, 0.15) is 5.82 Å². The Kier molecular flexibility index (Phi) is 8.52. The number of carbonyl (C=O) groups is 3. The van der Waals surface area contributed by atoms with Gasteiger partial charge in [-0.3, -0.25) is 14.4 Å². The number of ketones is 1. The summed E-state index contributed by atoms with van der Waals surface area (Å²) in [5.74, 6) is -1.32. The SMILES string of the molecule is CC12CCC(C(=O)N(CCc3cccs3)CC3(O)CCC4C56C=CC7(C=C5C(=O)Cc5c(F)cccc5Cl)CC(O)CCC7(C)C6CCC43C)(OC1=O)C2(C)C. The maximum Gasteiger partial charge on any atom is 0.313 e. The zero-order valence-corrected chi connectivity index (χ0v) is 34.8. The molecule has 10 rings (SSSR count). The monoisotopic (exact) mass is 803 g/mol. The lowest BCUT2D eigenvalue weighted by atomic mass is 9.32. The average Bonchev–Trinajstić information content (AvgIpc) is 3.85. The molecule has 2 spiro atoms. The third kappa shape index (κ3) is 4.72. The Labute approximate surface area is 338 Å². The lowest BCUT2D eigenvalue weighted by Crippen LogP contribution is -2.68. The van der Waals surface area contributed by atoms with Crippen LogP contribution >= 0.6 is 22.9 Å². The molecule has 4 bridgehead atoms. The zero-order chi connectivity index (χ0) is 39.9. The van der Waals surface area contributed by atoms with E-state index in [1.165, 1.54) is 6.07 Å². The summed E-state index contributed by atoms with van der Waals surface area (Å²) in [6.07, 6.45) is 12.2. The zero-order valence-electron chi connectivity index (χ0n) is 33.3. The van der Waals surface area contributed by atoms with E-state index in [1.54, 1.807) is 28.4 Å². The first-order chi connectivity index (χ1) is 26.3. The molecule has 7 nitrogen and oxygen atoms in total. The minimum atomic E-state index is -1.31. The Hall–Kier alpha value is -2.85. The average molecular weight is 804 g/mol. The first-order valence-corrected chi connectivity index (χ1v) is 21.9. The van der Waals surface area contributed by atoms with Crippen LogP contribution < -0.4 is 0 Å². The van der Waals surface area contributed by atoms with Gasteiger partial charge in [0.15, 0.2) is 11.4 Å². The molecule has 7 aliphatic carbocycles. The van der Waals surface area contributed by atoms with E-state index in [0.717, 1.165) is 17.7 Å². The smallest absolute Gasteiger partial charge is 0.313 e. The highest BCUT2D eigenvalue weighted by Gasteiger charge is 2.78. The minimum Gasteiger partial charge on any atom is -0.448 e. The second kappa shape index (κ2) is 12.3. The molecule has 56 heavy (non-hydrogen) atoms. The van der Waals surface area contributed by atoms with E-state index >= 15 is 9.18 Å². The van der Waals surface area contributed by atoms with Gasteiger partial charge in [0.05, 0.1) is 23.7 Å². The van der Waals surface area contributed by atoms with Crippen LogP contribution in [0.5, 0.6) is 0 Å². The van der Waals surface area contributed by atoms with Gasteiger partial charge in [0.2, 0.25) is 0 Å². The number of aliphatic hydroxyl groups excluding tert-OH is 1. The van der Waals surface area contributed by atoms with E-state index in [2.05, 4.69) is 38.1 Å². The molecule has 2 N–H and O–H groups in total. The Morgan fingerprint density at radius 1 is 0.964 bits per heavy atom. The largest absolute Gasteiger partial charge is 0.448 e. The topological polar surface area (TPSA) is 104 Å².